The Kier molecular flexibility index (Phi) is 4.44. The van der Waals surface area contributed by atoms with E-state index in [-0.39, 0.29) is 11.9 Å². The number of rotatable bonds is 5. The van der Waals surface area contributed by atoms with Crippen LogP contribution < -0.4 is 5.32 Å². The normalized spacial score (nSPS) is 12.6. The van der Waals surface area contributed by atoms with Gasteiger partial charge in [0.1, 0.15) is 5.82 Å². The van der Waals surface area contributed by atoms with Gasteiger partial charge in [0.15, 0.2) is 0 Å². The van der Waals surface area contributed by atoms with Gasteiger partial charge in [0.05, 0.1) is 12.2 Å². The van der Waals surface area contributed by atoms with E-state index in [1.807, 2.05) is 6.92 Å². The summed E-state index contributed by atoms with van der Waals surface area (Å²) in [5.74, 6) is -0.251. The molecular formula is C14H17FN2S. The van der Waals surface area contributed by atoms with Crippen molar-refractivity contribution in [3.63, 3.8) is 0 Å². The Morgan fingerprint density at radius 2 is 2.22 bits per heavy atom. The van der Waals surface area contributed by atoms with Crippen molar-refractivity contribution in [2.75, 3.05) is 6.54 Å². The molecule has 4 heteroatoms. The average Bonchev–Trinajstić information content (AvgIpc) is 2.85. The average molecular weight is 264 g/mol. The molecule has 0 aliphatic rings. The number of hydrogen-bond donors (Lipinski definition) is 1. The van der Waals surface area contributed by atoms with Gasteiger partial charge >= 0.3 is 0 Å². The van der Waals surface area contributed by atoms with Crippen LogP contribution in [-0.2, 0) is 6.42 Å². The van der Waals surface area contributed by atoms with Gasteiger partial charge < -0.3 is 5.32 Å². The maximum absolute atomic E-state index is 13.9. The number of hydrogen-bond acceptors (Lipinski definition) is 3. The van der Waals surface area contributed by atoms with Crippen LogP contribution in [0.2, 0.25) is 0 Å². The first-order valence-electron chi connectivity index (χ1n) is 6.17. The molecule has 0 aromatic carbocycles. The largest absolute Gasteiger partial charge is 0.306 e. The highest BCUT2D eigenvalue weighted by Gasteiger charge is 2.20. The van der Waals surface area contributed by atoms with Crippen molar-refractivity contribution in [3.8, 4) is 0 Å². The Bertz CT molecular complexity index is 510. The molecule has 0 radical (unpaired) electrons. The second-order valence-corrected chi connectivity index (χ2v) is 5.00. The lowest BCUT2D eigenvalue weighted by molar-refractivity contribution is 0.557. The third-order valence-corrected chi connectivity index (χ3v) is 3.97. The highest BCUT2D eigenvalue weighted by Crippen LogP contribution is 2.31. The van der Waals surface area contributed by atoms with Gasteiger partial charge in [-0.3, -0.25) is 4.98 Å². The van der Waals surface area contributed by atoms with Gasteiger partial charge in [-0.15, -0.1) is 11.3 Å². The van der Waals surface area contributed by atoms with E-state index in [1.54, 1.807) is 23.6 Å². The maximum Gasteiger partial charge on any atom is 0.146 e. The Balaban J connectivity index is 2.43. The van der Waals surface area contributed by atoms with Crippen LogP contribution in [0.25, 0.3) is 0 Å². The fourth-order valence-corrected chi connectivity index (χ4v) is 3.15. The number of pyridine rings is 1. The van der Waals surface area contributed by atoms with Crippen molar-refractivity contribution >= 4 is 11.3 Å². The zero-order valence-corrected chi connectivity index (χ0v) is 11.4. The molecule has 0 saturated heterocycles. The molecule has 1 unspecified atom stereocenters. The summed E-state index contributed by atoms with van der Waals surface area (Å²) in [5, 5.41) is 5.43. The minimum Gasteiger partial charge on any atom is -0.306 e. The monoisotopic (exact) mass is 264 g/mol. The zero-order chi connectivity index (χ0) is 13.0. The van der Waals surface area contributed by atoms with Crippen LogP contribution in [0.4, 0.5) is 4.39 Å². The summed E-state index contributed by atoms with van der Waals surface area (Å²) in [6, 6.07) is 3.79. The van der Waals surface area contributed by atoms with Gasteiger partial charge in [0.2, 0.25) is 0 Å². The molecule has 0 aliphatic heterocycles. The summed E-state index contributed by atoms with van der Waals surface area (Å²) < 4.78 is 13.9. The first kappa shape index (κ1) is 13.2. The predicted molar refractivity (Wildman–Crippen MR) is 73.4 cm³/mol. The summed E-state index contributed by atoms with van der Waals surface area (Å²) in [5.41, 5.74) is 1.95. The van der Waals surface area contributed by atoms with Gasteiger partial charge in [-0.1, -0.05) is 13.8 Å². The standard InChI is InChI=1S/C14H17FN2S/c1-3-10-6-8-18-14(10)13(17-4-2)11-5-7-16-9-12(11)15/h5-9,13,17H,3-4H2,1-2H3. The number of nitrogens with zero attached hydrogens (tertiary/aromatic N) is 1. The number of thiophene rings is 1. The van der Waals surface area contributed by atoms with Crippen LogP contribution in [0, 0.1) is 5.82 Å². The van der Waals surface area contributed by atoms with E-state index < -0.39 is 0 Å². The summed E-state index contributed by atoms with van der Waals surface area (Å²) in [6.45, 7) is 4.95. The lowest BCUT2D eigenvalue weighted by atomic mass is 10.0. The highest BCUT2D eigenvalue weighted by molar-refractivity contribution is 7.10. The lowest BCUT2D eigenvalue weighted by Gasteiger charge is -2.19. The van der Waals surface area contributed by atoms with Gasteiger partial charge in [-0.05, 0) is 36.0 Å². The van der Waals surface area contributed by atoms with E-state index in [0.29, 0.717) is 5.56 Å². The molecule has 2 aromatic heterocycles. The number of aryl methyl sites for hydroxylation is 1. The van der Waals surface area contributed by atoms with E-state index in [9.17, 15) is 4.39 Å². The number of aromatic nitrogens is 1. The molecule has 0 aliphatic carbocycles. The Labute approximate surface area is 111 Å². The van der Waals surface area contributed by atoms with E-state index in [2.05, 4.69) is 28.7 Å². The van der Waals surface area contributed by atoms with Gasteiger partial charge in [0.25, 0.3) is 0 Å². The van der Waals surface area contributed by atoms with Crippen molar-refractivity contribution in [1.82, 2.24) is 10.3 Å². The van der Waals surface area contributed by atoms with E-state index >= 15 is 0 Å². The van der Waals surface area contributed by atoms with Crippen LogP contribution in [0.3, 0.4) is 0 Å². The topological polar surface area (TPSA) is 24.9 Å². The van der Waals surface area contributed by atoms with E-state index in [4.69, 9.17) is 0 Å². The second kappa shape index (κ2) is 6.07. The Hall–Kier alpha value is -1.26. The van der Waals surface area contributed by atoms with E-state index in [1.165, 1.54) is 16.6 Å². The van der Waals surface area contributed by atoms with Gasteiger partial charge in [-0.2, -0.15) is 0 Å². The Morgan fingerprint density at radius 1 is 1.39 bits per heavy atom. The summed E-state index contributed by atoms with van der Waals surface area (Å²) in [6.07, 6.45) is 3.88. The summed E-state index contributed by atoms with van der Waals surface area (Å²) >= 11 is 1.68. The highest BCUT2D eigenvalue weighted by atomic mass is 32.1. The molecule has 0 saturated carbocycles. The fraction of sp³-hybridized carbons (Fsp3) is 0.357. The number of halogens is 1. The molecule has 0 fully saturated rings. The van der Waals surface area contributed by atoms with Crippen molar-refractivity contribution in [3.05, 3.63) is 51.7 Å². The molecule has 2 heterocycles. The van der Waals surface area contributed by atoms with Crippen LogP contribution >= 0.6 is 11.3 Å². The predicted octanol–water partition coefficient (Wildman–Crippen LogP) is 3.54. The van der Waals surface area contributed by atoms with Crippen molar-refractivity contribution in [2.24, 2.45) is 0 Å². The first-order chi connectivity index (χ1) is 8.77. The molecule has 18 heavy (non-hydrogen) atoms. The molecule has 0 amide bonds. The third kappa shape index (κ3) is 2.60. The van der Waals surface area contributed by atoms with E-state index in [0.717, 1.165) is 13.0 Å². The third-order valence-electron chi connectivity index (χ3n) is 2.95. The minimum atomic E-state index is -0.251. The smallest absolute Gasteiger partial charge is 0.146 e. The molecule has 2 rings (SSSR count). The molecule has 1 atom stereocenters. The zero-order valence-electron chi connectivity index (χ0n) is 10.6. The SMILES string of the molecule is CCNC(c1ccncc1F)c1sccc1CC. The molecule has 1 N–H and O–H groups in total. The number of nitrogens with one attached hydrogen (secondary N) is 1. The molecular weight excluding hydrogens is 247 g/mol. The maximum atomic E-state index is 13.9. The van der Waals surface area contributed by atoms with Gasteiger partial charge in [-0.25, -0.2) is 4.39 Å². The van der Waals surface area contributed by atoms with Gasteiger partial charge in [0, 0.05) is 16.6 Å². The van der Waals surface area contributed by atoms with Crippen LogP contribution in [0.15, 0.2) is 29.9 Å². The van der Waals surface area contributed by atoms with Crippen LogP contribution in [0.5, 0.6) is 0 Å². The second-order valence-electron chi connectivity index (χ2n) is 4.05. The van der Waals surface area contributed by atoms with Crippen molar-refractivity contribution < 1.29 is 4.39 Å². The molecule has 2 nitrogen and oxygen atoms in total. The van der Waals surface area contributed by atoms with Crippen LogP contribution in [-0.4, -0.2) is 11.5 Å². The molecule has 2 aromatic rings. The molecule has 96 valence electrons. The Morgan fingerprint density at radius 3 is 2.89 bits per heavy atom. The van der Waals surface area contributed by atoms with Crippen LogP contribution in [0.1, 0.15) is 35.9 Å². The molecule has 0 bridgehead atoms. The first-order valence-corrected chi connectivity index (χ1v) is 7.04. The van der Waals surface area contributed by atoms with Crippen molar-refractivity contribution in [1.29, 1.82) is 0 Å². The van der Waals surface area contributed by atoms with Crippen molar-refractivity contribution in [2.45, 2.75) is 26.3 Å². The minimum absolute atomic E-state index is 0.0760. The quantitative estimate of drug-likeness (QED) is 0.893. The fourth-order valence-electron chi connectivity index (χ4n) is 2.06. The lowest BCUT2D eigenvalue weighted by Crippen LogP contribution is -2.23. The summed E-state index contributed by atoms with van der Waals surface area (Å²) in [7, 11) is 0. The summed E-state index contributed by atoms with van der Waals surface area (Å²) in [4.78, 5) is 5.01. The molecule has 0 spiro atoms.